The second-order valence-electron chi connectivity index (χ2n) is 4.44. The smallest absolute Gasteiger partial charge is 0.399 e. The van der Waals surface area contributed by atoms with Crippen molar-refractivity contribution in [3.63, 3.8) is 0 Å². The van der Waals surface area contributed by atoms with Gasteiger partial charge in [0.15, 0.2) is 5.75 Å². The van der Waals surface area contributed by atoms with Gasteiger partial charge in [-0.1, -0.05) is 23.2 Å². The molecule has 1 aromatic carbocycles. The standard InChI is InChI=1S/C13H12Cl2N2O2/c14-8-1-4-11(15)12(5-8)19-13-17-10(7-18-13)6-16-9-2-3-9/h1,4-5,7,9,16H,2-3,6H2. The Labute approximate surface area is 120 Å². The van der Waals surface area contributed by atoms with Crippen LogP contribution in [0.3, 0.4) is 0 Å². The van der Waals surface area contributed by atoms with E-state index < -0.39 is 0 Å². The van der Waals surface area contributed by atoms with E-state index in [4.69, 9.17) is 32.4 Å². The third-order valence-electron chi connectivity index (χ3n) is 2.77. The van der Waals surface area contributed by atoms with E-state index >= 15 is 0 Å². The third-order valence-corrected chi connectivity index (χ3v) is 3.32. The van der Waals surface area contributed by atoms with Crippen LogP contribution in [0.1, 0.15) is 18.5 Å². The highest BCUT2D eigenvalue weighted by Crippen LogP contribution is 2.31. The number of halogens is 2. The van der Waals surface area contributed by atoms with Crippen molar-refractivity contribution in [2.75, 3.05) is 0 Å². The van der Waals surface area contributed by atoms with Crippen molar-refractivity contribution < 1.29 is 9.15 Å². The minimum atomic E-state index is 0.164. The number of oxazole rings is 1. The molecule has 0 saturated heterocycles. The molecule has 6 heteroatoms. The Hall–Kier alpha value is -1.23. The molecule has 1 aromatic heterocycles. The van der Waals surface area contributed by atoms with Crippen LogP contribution in [0.2, 0.25) is 10.0 Å². The molecule has 100 valence electrons. The lowest BCUT2D eigenvalue weighted by atomic mass is 10.3. The Morgan fingerprint density at radius 3 is 3.00 bits per heavy atom. The normalized spacial score (nSPS) is 14.6. The Morgan fingerprint density at radius 2 is 2.21 bits per heavy atom. The van der Waals surface area contributed by atoms with Gasteiger partial charge in [-0.05, 0) is 25.0 Å². The molecule has 4 nitrogen and oxygen atoms in total. The summed E-state index contributed by atoms with van der Waals surface area (Å²) in [5.41, 5.74) is 0.806. The molecule has 0 spiro atoms. The van der Waals surface area contributed by atoms with Crippen molar-refractivity contribution in [1.82, 2.24) is 10.3 Å². The van der Waals surface area contributed by atoms with Crippen LogP contribution in [-0.4, -0.2) is 11.0 Å². The molecular formula is C13H12Cl2N2O2. The molecule has 0 amide bonds. The van der Waals surface area contributed by atoms with E-state index in [-0.39, 0.29) is 6.08 Å². The average Bonchev–Trinajstić information content (AvgIpc) is 3.12. The van der Waals surface area contributed by atoms with Gasteiger partial charge in [-0.2, -0.15) is 4.98 Å². The molecule has 0 aliphatic heterocycles. The SMILES string of the molecule is Clc1ccc(Cl)c(Oc2nc(CNC3CC3)co2)c1. The summed E-state index contributed by atoms with van der Waals surface area (Å²) in [6.45, 7) is 0.681. The summed E-state index contributed by atoms with van der Waals surface area (Å²) in [6.07, 6.45) is 4.21. The lowest BCUT2D eigenvalue weighted by molar-refractivity contribution is 0.331. The lowest BCUT2D eigenvalue weighted by Gasteiger charge is -2.03. The Morgan fingerprint density at radius 1 is 1.37 bits per heavy atom. The summed E-state index contributed by atoms with van der Waals surface area (Å²) >= 11 is 11.9. The highest BCUT2D eigenvalue weighted by Gasteiger charge is 2.20. The van der Waals surface area contributed by atoms with E-state index in [0.29, 0.717) is 28.4 Å². The van der Waals surface area contributed by atoms with Crippen LogP contribution in [0.15, 0.2) is 28.9 Å². The first-order valence-electron chi connectivity index (χ1n) is 6.01. The van der Waals surface area contributed by atoms with Crippen molar-refractivity contribution >= 4 is 23.2 Å². The fraction of sp³-hybridized carbons (Fsp3) is 0.308. The Balaban J connectivity index is 1.66. The van der Waals surface area contributed by atoms with Crippen LogP contribution in [-0.2, 0) is 6.54 Å². The van der Waals surface area contributed by atoms with Crippen molar-refractivity contribution in [3.05, 3.63) is 40.2 Å². The molecule has 3 rings (SSSR count). The second-order valence-corrected chi connectivity index (χ2v) is 5.28. The molecule has 1 aliphatic carbocycles. The maximum atomic E-state index is 6.00. The first-order valence-corrected chi connectivity index (χ1v) is 6.77. The van der Waals surface area contributed by atoms with E-state index in [0.717, 1.165) is 5.69 Å². The molecule has 1 aliphatic rings. The van der Waals surface area contributed by atoms with E-state index in [9.17, 15) is 0 Å². The number of rotatable bonds is 5. The summed E-state index contributed by atoms with van der Waals surface area (Å²) in [6, 6.07) is 5.61. The number of hydrogen-bond acceptors (Lipinski definition) is 4. The van der Waals surface area contributed by atoms with Crippen molar-refractivity contribution in [2.45, 2.75) is 25.4 Å². The predicted octanol–water partition coefficient (Wildman–Crippen LogP) is 4.03. The van der Waals surface area contributed by atoms with Gasteiger partial charge in [0.1, 0.15) is 6.26 Å². The third kappa shape index (κ3) is 3.41. The summed E-state index contributed by atoms with van der Waals surface area (Å²) in [5, 5.41) is 4.35. The highest BCUT2D eigenvalue weighted by atomic mass is 35.5. The number of benzene rings is 1. The zero-order valence-electron chi connectivity index (χ0n) is 10.0. The van der Waals surface area contributed by atoms with Crippen LogP contribution in [0.5, 0.6) is 11.8 Å². The molecular weight excluding hydrogens is 287 g/mol. The Bertz CT molecular complexity index is 582. The molecule has 1 heterocycles. The zero-order valence-corrected chi connectivity index (χ0v) is 11.5. The monoisotopic (exact) mass is 298 g/mol. The van der Waals surface area contributed by atoms with E-state index in [1.807, 2.05) is 0 Å². The van der Waals surface area contributed by atoms with Gasteiger partial charge in [0.25, 0.3) is 0 Å². The van der Waals surface area contributed by atoms with Crippen LogP contribution in [0.25, 0.3) is 0 Å². The van der Waals surface area contributed by atoms with Gasteiger partial charge in [0, 0.05) is 23.7 Å². The first-order chi connectivity index (χ1) is 9.20. The summed E-state index contributed by atoms with van der Waals surface area (Å²) < 4.78 is 10.7. The molecule has 1 N–H and O–H groups in total. The van der Waals surface area contributed by atoms with E-state index in [1.165, 1.54) is 12.8 Å². The van der Waals surface area contributed by atoms with E-state index in [2.05, 4.69) is 10.3 Å². The molecule has 1 fully saturated rings. The van der Waals surface area contributed by atoms with Crippen molar-refractivity contribution in [1.29, 1.82) is 0 Å². The van der Waals surface area contributed by atoms with Crippen LogP contribution < -0.4 is 10.1 Å². The number of aromatic nitrogens is 1. The maximum absolute atomic E-state index is 6.00. The minimum Gasteiger partial charge on any atom is -0.417 e. The summed E-state index contributed by atoms with van der Waals surface area (Å²) in [7, 11) is 0. The van der Waals surface area contributed by atoms with Gasteiger partial charge >= 0.3 is 6.08 Å². The number of hydrogen-bond donors (Lipinski definition) is 1. The highest BCUT2D eigenvalue weighted by molar-refractivity contribution is 6.34. The maximum Gasteiger partial charge on any atom is 0.399 e. The molecule has 0 bridgehead atoms. The second kappa shape index (κ2) is 5.41. The number of nitrogens with zero attached hydrogens (tertiary/aromatic N) is 1. The van der Waals surface area contributed by atoms with Crippen molar-refractivity contribution in [3.8, 4) is 11.8 Å². The van der Waals surface area contributed by atoms with Gasteiger partial charge in [-0.25, -0.2) is 0 Å². The molecule has 19 heavy (non-hydrogen) atoms. The Kier molecular flexibility index (Phi) is 3.64. The number of nitrogens with one attached hydrogen (secondary N) is 1. The van der Waals surface area contributed by atoms with Crippen LogP contribution in [0, 0.1) is 0 Å². The van der Waals surface area contributed by atoms with Gasteiger partial charge < -0.3 is 14.5 Å². The van der Waals surface area contributed by atoms with E-state index in [1.54, 1.807) is 24.5 Å². The lowest BCUT2D eigenvalue weighted by Crippen LogP contribution is -2.15. The van der Waals surface area contributed by atoms with Gasteiger partial charge in [-0.15, -0.1) is 0 Å². The van der Waals surface area contributed by atoms with Gasteiger partial charge in [-0.3, -0.25) is 0 Å². The zero-order chi connectivity index (χ0) is 13.2. The minimum absolute atomic E-state index is 0.164. The largest absolute Gasteiger partial charge is 0.417 e. The van der Waals surface area contributed by atoms with Gasteiger partial charge in [0.05, 0.1) is 10.7 Å². The van der Waals surface area contributed by atoms with Crippen molar-refractivity contribution in [2.24, 2.45) is 0 Å². The quantitative estimate of drug-likeness (QED) is 0.905. The summed E-state index contributed by atoms with van der Waals surface area (Å²) in [5.74, 6) is 0.428. The molecule has 0 unspecified atom stereocenters. The van der Waals surface area contributed by atoms with Crippen LogP contribution in [0.4, 0.5) is 0 Å². The molecule has 0 radical (unpaired) electrons. The fourth-order valence-corrected chi connectivity index (χ4v) is 1.92. The number of ether oxygens (including phenoxy) is 1. The first kappa shape index (κ1) is 12.8. The van der Waals surface area contributed by atoms with Gasteiger partial charge in [0.2, 0.25) is 0 Å². The van der Waals surface area contributed by atoms with Crippen LogP contribution >= 0.6 is 23.2 Å². The predicted molar refractivity (Wildman–Crippen MR) is 72.9 cm³/mol. The molecule has 0 atom stereocenters. The fourth-order valence-electron chi connectivity index (χ4n) is 1.60. The summed E-state index contributed by atoms with van der Waals surface area (Å²) in [4.78, 5) is 4.22. The molecule has 2 aromatic rings. The molecule has 1 saturated carbocycles. The average molecular weight is 299 g/mol. The topological polar surface area (TPSA) is 47.3 Å².